The molecule has 0 N–H and O–H groups in total. The van der Waals surface area contributed by atoms with E-state index in [0.29, 0.717) is 12.5 Å². The second-order valence-electron chi connectivity index (χ2n) is 3.57. The molecule has 0 aromatic rings. The summed E-state index contributed by atoms with van der Waals surface area (Å²) < 4.78 is 5.40. The largest absolute Gasteiger partial charge is 0.477 e. The van der Waals surface area contributed by atoms with Crippen LogP contribution in [0.3, 0.4) is 0 Å². The minimum Gasteiger partial charge on any atom is -0.477 e. The summed E-state index contributed by atoms with van der Waals surface area (Å²) in [5, 5.41) is 12.3. The van der Waals surface area contributed by atoms with Crippen LogP contribution in [-0.2, 0) is 4.74 Å². The van der Waals surface area contributed by atoms with E-state index in [4.69, 9.17) is 4.74 Å². The van der Waals surface area contributed by atoms with Crippen LogP contribution in [0.2, 0.25) is 0 Å². The lowest BCUT2D eigenvalue weighted by molar-refractivity contribution is 0.304. The molecule has 0 unspecified atom stereocenters. The Morgan fingerprint density at radius 2 is 2.12 bits per heavy atom. The van der Waals surface area contributed by atoms with Crippen molar-refractivity contribution in [3.8, 4) is 0 Å². The van der Waals surface area contributed by atoms with Crippen LogP contribution < -0.4 is 0 Å². The van der Waals surface area contributed by atoms with Gasteiger partial charge in [-0.15, -0.1) is 5.10 Å². The minimum absolute atomic E-state index is 0.604. The second-order valence-corrected chi connectivity index (χ2v) is 3.57. The number of rotatable bonds is 2. The SMILES string of the molecule is C=C1N(CC)N=C2C(C)=CC(OCC)=NN12. The summed E-state index contributed by atoms with van der Waals surface area (Å²) in [5.74, 6) is 2.20. The van der Waals surface area contributed by atoms with Gasteiger partial charge in [-0.3, -0.25) is 0 Å². The van der Waals surface area contributed by atoms with Crippen molar-refractivity contribution in [3.05, 3.63) is 24.0 Å². The highest BCUT2D eigenvalue weighted by molar-refractivity contribution is 6.08. The van der Waals surface area contributed by atoms with E-state index >= 15 is 0 Å². The topological polar surface area (TPSA) is 40.4 Å². The summed E-state index contributed by atoms with van der Waals surface area (Å²) in [7, 11) is 0. The quantitative estimate of drug-likeness (QED) is 0.711. The number of fused-ring (bicyclic) bond motifs is 1. The van der Waals surface area contributed by atoms with E-state index in [2.05, 4.69) is 16.8 Å². The van der Waals surface area contributed by atoms with Gasteiger partial charge >= 0.3 is 0 Å². The van der Waals surface area contributed by atoms with Crippen molar-refractivity contribution in [2.24, 2.45) is 10.2 Å². The average molecular weight is 220 g/mol. The van der Waals surface area contributed by atoms with Gasteiger partial charge in [-0.2, -0.15) is 10.1 Å². The Balaban J connectivity index is 2.31. The minimum atomic E-state index is 0.604. The first-order valence-electron chi connectivity index (χ1n) is 5.42. The van der Waals surface area contributed by atoms with Gasteiger partial charge in [0.15, 0.2) is 5.84 Å². The van der Waals surface area contributed by atoms with Crippen molar-refractivity contribution in [2.75, 3.05) is 13.2 Å². The first kappa shape index (κ1) is 10.7. The molecule has 0 aromatic heterocycles. The number of hydrogen-bond donors (Lipinski definition) is 0. The van der Waals surface area contributed by atoms with E-state index in [0.717, 1.165) is 23.8 Å². The fraction of sp³-hybridized carbons (Fsp3) is 0.455. The molecule has 0 radical (unpaired) electrons. The van der Waals surface area contributed by atoms with E-state index < -0.39 is 0 Å². The summed E-state index contributed by atoms with van der Waals surface area (Å²) >= 11 is 0. The van der Waals surface area contributed by atoms with Crippen molar-refractivity contribution in [1.29, 1.82) is 0 Å². The van der Waals surface area contributed by atoms with Crippen molar-refractivity contribution in [2.45, 2.75) is 20.8 Å². The molecule has 2 aliphatic rings. The molecule has 2 rings (SSSR count). The van der Waals surface area contributed by atoms with Gasteiger partial charge in [-0.05, 0) is 20.8 Å². The number of amidine groups is 1. The Morgan fingerprint density at radius 3 is 2.75 bits per heavy atom. The smallest absolute Gasteiger partial charge is 0.232 e. The first-order chi connectivity index (χ1) is 7.67. The molecule has 2 heterocycles. The molecule has 2 aliphatic heterocycles. The van der Waals surface area contributed by atoms with Gasteiger partial charge in [0, 0.05) is 18.2 Å². The molecule has 0 aromatic carbocycles. The molecular formula is C11H16N4O. The maximum absolute atomic E-state index is 5.40. The van der Waals surface area contributed by atoms with Crippen molar-refractivity contribution < 1.29 is 4.74 Å². The number of hydrogen-bond acceptors (Lipinski definition) is 5. The molecule has 5 nitrogen and oxygen atoms in total. The van der Waals surface area contributed by atoms with Crippen molar-refractivity contribution in [3.63, 3.8) is 0 Å². The van der Waals surface area contributed by atoms with Gasteiger partial charge in [0.1, 0.15) is 5.82 Å². The normalized spacial score (nSPS) is 19.2. The molecule has 86 valence electrons. The zero-order valence-corrected chi connectivity index (χ0v) is 9.90. The summed E-state index contributed by atoms with van der Waals surface area (Å²) in [6.07, 6.45) is 1.89. The fourth-order valence-electron chi connectivity index (χ4n) is 1.65. The molecule has 0 aliphatic carbocycles. The molecule has 0 bridgehead atoms. The van der Waals surface area contributed by atoms with Gasteiger partial charge in [-0.25, -0.2) is 5.01 Å². The summed E-state index contributed by atoms with van der Waals surface area (Å²) in [4.78, 5) is 0. The molecular weight excluding hydrogens is 204 g/mol. The maximum atomic E-state index is 5.40. The van der Waals surface area contributed by atoms with Gasteiger partial charge in [0.05, 0.1) is 6.61 Å². The van der Waals surface area contributed by atoms with Crippen molar-refractivity contribution >= 4 is 11.7 Å². The van der Waals surface area contributed by atoms with E-state index in [1.807, 2.05) is 31.9 Å². The van der Waals surface area contributed by atoms with Crippen LogP contribution in [0.25, 0.3) is 0 Å². The molecule has 0 saturated heterocycles. The highest BCUT2D eigenvalue weighted by atomic mass is 16.5. The third kappa shape index (κ3) is 1.58. The lowest BCUT2D eigenvalue weighted by Gasteiger charge is -2.21. The van der Waals surface area contributed by atoms with Crippen LogP contribution in [0.4, 0.5) is 0 Å². The molecule has 16 heavy (non-hydrogen) atoms. The van der Waals surface area contributed by atoms with Crippen LogP contribution in [0.1, 0.15) is 20.8 Å². The first-order valence-corrected chi connectivity index (χ1v) is 5.42. The molecule has 0 fully saturated rings. The zero-order chi connectivity index (χ0) is 11.7. The van der Waals surface area contributed by atoms with Crippen LogP contribution in [0.15, 0.2) is 34.3 Å². The fourth-order valence-corrected chi connectivity index (χ4v) is 1.65. The summed E-state index contributed by atoms with van der Waals surface area (Å²) in [6.45, 7) is 11.3. The zero-order valence-electron chi connectivity index (χ0n) is 9.90. The number of nitrogens with zero attached hydrogens (tertiary/aromatic N) is 4. The Morgan fingerprint density at radius 1 is 1.38 bits per heavy atom. The third-order valence-electron chi connectivity index (χ3n) is 2.44. The standard InChI is InChI=1S/C11H16N4O/c1-5-14-9(4)15-11(13-14)8(3)7-10(12-15)16-6-2/h7H,4-6H2,1-3H3. The van der Waals surface area contributed by atoms with E-state index in [9.17, 15) is 0 Å². The van der Waals surface area contributed by atoms with Crippen LogP contribution in [0, 0.1) is 0 Å². The Bertz CT molecular complexity index is 408. The highest BCUT2D eigenvalue weighted by Gasteiger charge is 2.30. The Hall–Kier alpha value is -1.78. The predicted molar refractivity (Wildman–Crippen MR) is 63.6 cm³/mol. The monoisotopic (exact) mass is 220 g/mol. The lowest BCUT2D eigenvalue weighted by atomic mass is 10.2. The van der Waals surface area contributed by atoms with Gasteiger partial charge < -0.3 is 4.74 Å². The number of ether oxygens (including phenoxy) is 1. The Labute approximate surface area is 95.4 Å². The molecule has 5 heteroatoms. The van der Waals surface area contributed by atoms with Gasteiger partial charge in [0.25, 0.3) is 0 Å². The third-order valence-corrected chi connectivity index (χ3v) is 2.44. The van der Waals surface area contributed by atoms with E-state index in [1.54, 1.807) is 5.01 Å². The predicted octanol–water partition coefficient (Wildman–Crippen LogP) is 1.72. The van der Waals surface area contributed by atoms with E-state index in [-0.39, 0.29) is 0 Å². The second kappa shape index (κ2) is 4.00. The van der Waals surface area contributed by atoms with Gasteiger partial charge in [0.2, 0.25) is 5.90 Å². The van der Waals surface area contributed by atoms with Crippen LogP contribution in [0.5, 0.6) is 0 Å². The highest BCUT2D eigenvalue weighted by Crippen LogP contribution is 2.25. The maximum Gasteiger partial charge on any atom is 0.232 e. The van der Waals surface area contributed by atoms with E-state index in [1.165, 1.54) is 0 Å². The summed E-state index contributed by atoms with van der Waals surface area (Å²) in [6, 6.07) is 0. The van der Waals surface area contributed by atoms with Crippen LogP contribution in [-0.4, -0.2) is 34.9 Å². The molecule has 0 atom stereocenters. The summed E-state index contributed by atoms with van der Waals surface area (Å²) in [5.41, 5.74) is 1.04. The lowest BCUT2D eigenvalue weighted by Crippen LogP contribution is -2.29. The molecule has 0 spiro atoms. The Kier molecular flexibility index (Phi) is 2.68. The molecule has 0 amide bonds. The van der Waals surface area contributed by atoms with Crippen LogP contribution >= 0.6 is 0 Å². The number of hydrazone groups is 2. The average Bonchev–Trinajstić information content (AvgIpc) is 2.57. The molecule has 0 saturated carbocycles. The van der Waals surface area contributed by atoms with Crippen molar-refractivity contribution in [1.82, 2.24) is 10.0 Å². The van der Waals surface area contributed by atoms with Gasteiger partial charge in [-0.1, -0.05) is 6.58 Å².